The average Bonchev–Trinajstić information content (AvgIpc) is 2.64. The number of hydrogen-bond acceptors (Lipinski definition) is 0. The van der Waals surface area contributed by atoms with Gasteiger partial charge in [0.1, 0.15) is 0 Å². The SMILES string of the molecule is C=CC(C(=Cc1ccccc1)[n+]1ccccc1)c1ccccc1. The van der Waals surface area contributed by atoms with Crippen LogP contribution in [0.3, 0.4) is 0 Å². The van der Waals surface area contributed by atoms with Crippen molar-refractivity contribution >= 4 is 11.8 Å². The zero-order chi connectivity index (χ0) is 15.9. The number of pyridine rings is 1. The van der Waals surface area contributed by atoms with Gasteiger partial charge in [-0.1, -0.05) is 72.8 Å². The third-order valence-corrected chi connectivity index (χ3v) is 3.84. The molecule has 0 amide bonds. The van der Waals surface area contributed by atoms with E-state index in [2.05, 4.69) is 78.1 Å². The summed E-state index contributed by atoms with van der Waals surface area (Å²) in [6.45, 7) is 4.07. The summed E-state index contributed by atoms with van der Waals surface area (Å²) in [6, 6.07) is 27.0. The minimum atomic E-state index is 0.129. The van der Waals surface area contributed by atoms with Gasteiger partial charge in [0.2, 0.25) is 0 Å². The number of hydrogen-bond donors (Lipinski definition) is 0. The van der Waals surface area contributed by atoms with Crippen LogP contribution in [0, 0.1) is 0 Å². The normalized spacial score (nSPS) is 12.6. The van der Waals surface area contributed by atoms with Gasteiger partial charge in [-0.25, -0.2) is 0 Å². The molecule has 1 heteroatoms. The number of allylic oxidation sites excluding steroid dienone is 2. The van der Waals surface area contributed by atoms with Crippen LogP contribution < -0.4 is 4.57 Å². The topological polar surface area (TPSA) is 3.88 Å². The maximum atomic E-state index is 4.07. The Morgan fingerprint density at radius 2 is 1.35 bits per heavy atom. The second-order valence-corrected chi connectivity index (χ2v) is 5.39. The second-order valence-electron chi connectivity index (χ2n) is 5.39. The Bertz CT molecular complexity index is 774. The van der Waals surface area contributed by atoms with Crippen LogP contribution in [0.15, 0.2) is 104 Å². The summed E-state index contributed by atoms with van der Waals surface area (Å²) in [6.07, 6.45) is 8.38. The third kappa shape index (κ3) is 3.64. The van der Waals surface area contributed by atoms with E-state index in [0.717, 1.165) is 0 Å². The quantitative estimate of drug-likeness (QED) is 0.464. The summed E-state index contributed by atoms with van der Waals surface area (Å²) in [5.74, 6) is 0.129. The van der Waals surface area contributed by atoms with Crippen molar-refractivity contribution in [2.24, 2.45) is 0 Å². The first-order chi connectivity index (χ1) is 11.4. The van der Waals surface area contributed by atoms with E-state index < -0.39 is 0 Å². The highest BCUT2D eigenvalue weighted by Gasteiger charge is 2.21. The van der Waals surface area contributed by atoms with Crippen LogP contribution in [0.4, 0.5) is 0 Å². The Balaban J connectivity index is 2.12. The molecule has 1 unspecified atom stereocenters. The Morgan fingerprint density at radius 1 is 0.783 bits per heavy atom. The number of rotatable bonds is 5. The number of benzene rings is 2. The molecular formula is C22H20N+. The van der Waals surface area contributed by atoms with Crippen molar-refractivity contribution in [3.05, 3.63) is 115 Å². The summed E-state index contributed by atoms with van der Waals surface area (Å²) in [7, 11) is 0. The predicted molar refractivity (Wildman–Crippen MR) is 96.6 cm³/mol. The molecule has 0 fully saturated rings. The second kappa shape index (κ2) is 7.37. The van der Waals surface area contributed by atoms with Crippen LogP contribution in [-0.4, -0.2) is 0 Å². The third-order valence-electron chi connectivity index (χ3n) is 3.84. The maximum Gasteiger partial charge on any atom is 0.198 e. The Kier molecular flexibility index (Phi) is 4.80. The molecule has 1 heterocycles. The first-order valence-electron chi connectivity index (χ1n) is 7.79. The highest BCUT2D eigenvalue weighted by atomic mass is 14.9. The zero-order valence-electron chi connectivity index (χ0n) is 13.0. The molecule has 1 nitrogen and oxygen atoms in total. The summed E-state index contributed by atoms with van der Waals surface area (Å²) < 4.78 is 2.16. The van der Waals surface area contributed by atoms with Gasteiger partial charge in [0.05, 0.1) is 5.92 Å². The lowest BCUT2D eigenvalue weighted by Gasteiger charge is -2.13. The first-order valence-corrected chi connectivity index (χ1v) is 7.79. The lowest BCUT2D eigenvalue weighted by molar-refractivity contribution is -0.583. The van der Waals surface area contributed by atoms with E-state index in [1.54, 1.807) is 0 Å². The van der Waals surface area contributed by atoms with Crippen molar-refractivity contribution in [1.82, 2.24) is 0 Å². The largest absolute Gasteiger partial charge is 0.198 e. The summed E-state index contributed by atoms with van der Waals surface area (Å²) >= 11 is 0. The smallest absolute Gasteiger partial charge is 0.170 e. The Hall–Kier alpha value is -2.93. The van der Waals surface area contributed by atoms with Gasteiger partial charge < -0.3 is 0 Å². The summed E-state index contributed by atoms with van der Waals surface area (Å²) in [5, 5.41) is 0. The van der Waals surface area contributed by atoms with Crippen LogP contribution in [0.25, 0.3) is 11.8 Å². The van der Waals surface area contributed by atoms with E-state index in [0.29, 0.717) is 0 Å². The van der Waals surface area contributed by atoms with Gasteiger partial charge in [0, 0.05) is 18.2 Å². The fourth-order valence-corrected chi connectivity index (χ4v) is 2.70. The maximum absolute atomic E-state index is 4.07. The monoisotopic (exact) mass is 298 g/mol. The highest BCUT2D eigenvalue weighted by Crippen LogP contribution is 2.27. The van der Waals surface area contributed by atoms with Gasteiger partial charge in [-0.3, -0.25) is 0 Å². The van der Waals surface area contributed by atoms with E-state index in [-0.39, 0.29) is 5.92 Å². The lowest BCUT2D eigenvalue weighted by Crippen LogP contribution is -2.33. The van der Waals surface area contributed by atoms with Gasteiger partial charge in [-0.05, 0) is 11.1 Å². The first kappa shape index (κ1) is 15.0. The molecule has 0 N–H and O–H groups in total. The van der Waals surface area contributed by atoms with Crippen molar-refractivity contribution in [2.75, 3.05) is 0 Å². The van der Waals surface area contributed by atoms with Crippen molar-refractivity contribution < 1.29 is 4.57 Å². The number of nitrogens with zero attached hydrogens (tertiary/aromatic N) is 1. The fraction of sp³-hybridized carbons (Fsp3) is 0.0455. The minimum Gasteiger partial charge on any atom is -0.170 e. The highest BCUT2D eigenvalue weighted by molar-refractivity contribution is 5.71. The molecule has 0 aliphatic rings. The Morgan fingerprint density at radius 3 is 1.96 bits per heavy atom. The molecule has 0 bridgehead atoms. The molecule has 2 aromatic carbocycles. The molecule has 3 rings (SSSR count). The predicted octanol–water partition coefficient (Wildman–Crippen LogP) is 4.94. The van der Waals surface area contributed by atoms with Crippen LogP contribution in [0.1, 0.15) is 17.0 Å². The van der Waals surface area contributed by atoms with Crippen LogP contribution in [0.2, 0.25) is 0 Å². The lowest BCUT2D eigenvalue weighted by atomic mass is 9.94. The minimum absolute atomic E-state index is 0.129. The molecule has 3 aromatic rings. The average molecular weight is 298 g/mol. The molecule has 0 saturated carbocycles. The molecule has 112 valence electrons. The van der Waals surface area contributed by atoms with Gasteiger partial charge in [0.15, 0.2) is 18.1 Å². The fourth-order valence-electron chi connectivity index (χ4n) is 2.70. The molecule has 0 spiro atoms. The molecule has 1 aromatic heterocycles. The number of aromatic nitrogens is 1. The molecule has 0 radical (unpaired) electrons. The molecular weight excluding hydrogens is 278 g/mol. The van der Waals surface area contributed by atoms with Crippen LogP contribution in [-0.2, 0) is 0 Å². The molecule has 0 saturated heterocycles. The van der Waals surface area contributed by atoms with Crippen molar-refractivity contribution in [1.29, 1.82) is 0 Å². The van der Waals surface area contributed by atoms with Gasteiger partial charge in [-0.2, -0.15) is 4.57 Å². The molecule has 23 heavy (non-hydrogen) atoms. The van der Waals surface area contributed by atoms with E-state index in [9.17, 15) is 0 Å². The van der Waals surface area contributed by atoms with Crippen molar-refractivity contribution in [3.8, 4) is 0 Å². The van der Waals surface area contributed by atoms with E-state index in [1.165, 1.54) is 16.8 Å². The van der Waals surface area contributed by atoms with Crippen molar-refractivity contribution in [2.45, 2.75) is 5.92 Å². The molecule has 0 aliphatic carbocycles. The van der Waals surface area contributed by atoms with Gasteiger partial charge in [0.25, 0.3) is 0 Å². The van der Waals surface area contributed by atoms with Crippen molar-refractivity contribution in [3.63, 3.8) is 0 Å². The van der Waals surface area contributed by atoms with Crippen LogP contribution in [0.5, 0.6) is 0 Å². The molecule has 0 aliphatic heterocycles. The van der Waals surface area contributed by atoms with E-state index >= 15 is 0 Å². The van der Waals surface area contributed by atoms with E-state index in [4.69, 9.17) is 0 Å². The zero-order valence-corrected chi connectivity index (χ0v) is 13.0. The van der Waals surface area contributed by atoms with Crippen LogP contribution >= 0.6 is 0 Å². The summed E-state index contributed by atoms with van der Waals surface area (Å²) in [5.41, 5.74) is 3.60. The summed E-state index contributed by atoms with van der Waals surface area (Å²) in [4.78, 5) is 0. The van der Waals surface area contributed by atoms with E-state index in [1.807, 2.05) is 36.4 Å². The van der Waals surface area contributed by atoms with Gasteiger partial charge >= 0.3 is 0 Å². The molecule has 1 atom stereocenters. The standard InChI is InChI=1S/C22H20N/c1-2-21(20-14-8-4-9-15-20)22(23-16-10-5-11-17-23)18-19-12-6-3-7-13-19/h2-18,21H,1H2/q+1. The Labute approximate surface area is 137 Å². The van der Waals surface area contributed by atoms with Gasteiger partial charge in [-0.15, -0.1) is 6.58 Å².